The predicted molar refractivity (Wildman–Crippen MR) is 113 cm³/mol. The van der Waals surface area contributed by atoms with Gasteiger partial charge >= 0.3 is 5.97 Å². The fourth-order valence-electron chi connectivity index (χ4n) is 3.69. The molecule has 1 aliphatic rings. The minimum Gasteiger partial charge on any atom is -0.493 e. The van der Waals surface area contributed by atoms with Crippen LogP contribution in [0.15, 0.2) is 59.1 Å². The number of rotatable bonds is 7. The van der Waals surface area contributed by atoms with Crippen molar-refractivity contribution in [2.75, 3.05) is 13.2 Å². The number of hydrogen-bond acceptors (Lipinski definition) is 6. The average Bonchev–Trinajstić information content (AvgIpc) is 3.48. The van der Waals surface area contributed by atoms with Crippen LogP contribution in [0, 0.1) is 5.82 Å². The Kier molecular flexibility index (Phi) is 6.49. The fraction of sp³-hybridized carbons (Fsp3) is 0.292. The monoisotopic (exact) mass is 438 g/mol. The summed E-state index contributed by atoms with van der Waals surface area (Å²) >= 11 is 0. The van der Waals surface area contributed by atoms with Crippen molar-refractivity contribution in [3.8, 4) is 17.1 Å². The standard InChI is InChI=1S/C24H23FN2O5/c1-2-30-20-8-4-3-6-18(20)23(28)27-13-5-7-19(27)24(29)31-15-22-26-14-21(32-22)16-9-11-17(25)12-10-16/h3-4,6,8-12,14,19H,2,5,7,13,15H2,1H3. The van der Waals surface area contributed by atoms with Crippen molar-refractivity contribution in [1.29, 1.82) is 0 Å². The van der Waals surface area contributed by atoms with Crippen molar-refractivity contribution >= 4 is 11.9 Å². The summed E-state index contributed by atoms with van der Waals surface area (Å²) in [6.07, 6.45) is 2.72. The first kappa shape index (κ1) is 21.5. The van der Waals surface area contributed by atoms with E-state index >= 15 is 0 Å². The van der Waals surface area contributed by atoms with Crippen LogP contribution in [0.25, 0.3) is 11.3 Å². The van der Waals surface area contributed by atoms with E-state index in [0.717, 1.165) is 0 Å². The van der Waals surface area contributed by atoms with Crippen molar-refractivity contribution in [2.45, 2.75) is 32.4 Å². The Bertz CT molecular complexity index is 1100. The van der Waals surface area contributed by atoms with Gasteiger partial charge in [0.15, 0.2) is 12.4 Å². The second-order valence-corrected chi connectivity index (χ2v) is 7.32. The number of carbonyl (C=O) groups is 2. The zero-order valence-corrected chi connectivity index (χ0v) is 17.6. The van der Waals surface area contributed by atoms with Gasteiger partial charge in [0.1, 0.15) is 17.6 Å². The highest BCUT2D eigenvalue weighted by Crippen LogP contribution is 2.26. The van der Waals surface area contributed by atoms with E-state index in [4.69, 9.17) is 13.9 Å². The molecule has 0 N–H and O–H groups in total. The van der Waals surface area contributed by atoms with Gasteiger partial charge in [0.25, 0.3) is 5.91 Å². The predicted octanol–water partition coefficient (Wildman–Crippen LogP) is 4.23. The van der Waals surface area contributed by atoms with Gasteiger partial charge in [-0.1, -0.05) is 12.1 Å². The van der Waals surface area contributed by atoms with Crippen molar-refractivity contribution in [1.82, 2.24) is 9.88 Å². The number of amides is 1. The smallest absolute Gasteiger partial charge is 0.329 e. The van der Waals surface area contributed by atoms with Gasteiger partial charge in [-0.25, -0.2) is 14.2 Å². The number of oxazole rings is 1. The molecule has 8 heteroatoms. The SMILES string of the molecule is CCOc1ccccc1C(=O)N1CCCC1C(=O)OCc1ncc(-c2ccc(F)cc2)o1. The summed E-state index contributed by atoms with van der Waals surface area (Å²) in [5, 5.41) is 0. The molecule has 1 aliphatic heterocycles. The molecule has 2 heterocycles. The van der Waals surface area contributed by atoms with Gasteiger partial charge in [-0.2, -0.15) is 0 Å². The lowest BCUT2D eigenvalue weighted by Crippen LogP contribution is -2.41. The molecule has 166 valence electrons. The summed E-state index contributed by atoms with van der Waals surface area (Å²) < 4.78 is 29.6. The molecular formula is C24H23FN2O5. The summed E-state index contributed by atoms with van der Waals surface area (Å²) in [6, 6.07) is 12.1. The van der Waals surface area contributed by atoms with Crippen molar-refractivity contribution in [3.63, 3.8) is 0 Å². The van der Waals surface area contributed by atoms with Crippen LogP contribution < -0.4 is 4.74 Å². The lowest BCUT2D eigenvalue weighted by atomic mass is 10.1. The van der Waals surface area contributed by atoms with Gasteiger partial charge in [0, 0.05) is 12.1 Å². The molecule has 0 bridgehead atoms. The highest BCUT2D eigenvalue weighted by atomic mass is 19.1. The molecule has 1 aromatic heterocycles. The normalized spacial score (nSPS) is 15.6. The third kappa shape index (κ3) is 4.64. The average molecular weight is 438 g/mol. The Hall–Kier alpha value is -3.68. The second kappa shape index (κ2) is 9.64. The van der Waals surface area contributed by atoms with E-state index in [1.807, 2.05) is 6.92 Å². The van der Waals surface area contributed by atoms with E-state index in [1.54, 1.807) is 36.4 Å². The van der Waals surface area contributed by atoms with Gasteiger partial charge in [-0.05, 0) is 56.2 Å². The highest BCUT2D eigenvalue weighted by Gasteiger charge is 2.36. The molecule has 1 atom stereocenters. The van der Waals surface area contributed by atoms with Crippen molar-refractivity contribution < 1.29 is 27.9 Å². The number of hydrogen-bond donors (Lipinski definition) is 0. The molecule has 0 aliphatic carbocycles. The molecule has 0 saturated carbocycles. The molecule has 3 aromatic rings. The third-order valence-corrected chi connectivity index (χ3v) is 5.22. The summed E-state index contributed by atoms with van der Waals surface area (Å²) in [7, 11) is 0. The molecule has 1 unspecified atom stereocenters. The Labute approximate surface area is 184 Å². The van der Waals surface area contributed by atoms with Gasteiger partial charge in [0.05, 0.1) is 18.4 Å². The maximum absolute atomic E-state index is 13.1. The van der Waals surface area contributed by atoms with E-state index < -0.39 is 12.0 Å². The first-order valence-electron chi connectivity index (χ1n) is 10.5. The number of esters is 1. The number of carbonyl (C=O) groups excluding carboxylic acids is 2. The summed E-state index contributed by atoms with van der Waals surface area (Å²) in [5.74, 6) is 0.0417. The van der Waals surface area contributed by atoms with Gasteiger partial charge in [0.2, 0.25) is 5.89 Å². The first-order valence-corrected chi connectivity index (χ1v) is 10.5. The molecule has 1 amide bonds. The van der Waals surface area contributed by atoms with E-state index in [2.05, 4.69) is 4.98 Å². The molecule has 0 radical (unpaired) electrons. The lowest BCUT2D eigenvalue weighted by Gasteiger charge is -2.24. The second-order valence-electron chi connectivity index (χ2n) is 7.32. The third-order valence-electron chi connectivity index (χ3n) is 5.22. The van der Waals surface area contributed by atoms with Crippen LogP contribution >= 0.6 is 0 Å². The van der Waals surface area contributed by atoms with Crippen LogP contribution in [0.4, 0.5) is 4.39 Å². The van der Waals surface area contributed by atoms with Crippen LogP contribution in [0.3, 0.4) is 0 Å². The van der Waals surface area contributed by atoms with Gasteiger partial charge in [-0.15, -0.1) is 0 Å². The largest absolute Gasteiger partial charge is 0.493 e. The number of para-hydroxylation sites is 1. The van der Waals surface area contributed by atoms with Crippen molar-refractivity contribution in [3.05, 3.63) is 72.0 Å². The summed E-state index contributed by atoms with van der Waals surface area (Å²) in [6.45, 7) is 2.59. The zero-order chi connectivity index (χ0) is 22.5. The topological polar surface area (TPSA) is 81.9 Å². The molecule has 1 fully saturated rings. The molecule has 4 rings (SSSR count). The maximum Gasteiger partial charge on any atom is 0.329 e. The van der Waals surface area contributed by atoms with Crippen LogP contribution in [-0.2, 0) is 16.1 Å². The van der Waals surface area contributed by atoms with Crippen LogP contribution in [0.1, 0.15) is 36.0 Å². The molecule has 7 nitrogen and oxygen atoms in total. The van der Waals surface area contributed by atoms with E-state index in [0.29, 0.717) is 48.6 Å². The fourth-order valence-corrected chi connectivity index (χ4v) is 3.69. The highest BCUT2D eigenvalue weighted by molar-refractivity contribution is 5.99. The number of nitrogens with zero attached hydrogens (tertiary/aromatic N) is 2. The number of aromatic nitrogens is 1. The number of likely N-dealkylation sites (tertiary alicyclic amines) is 1. The van der Waals surface area contributed by atoms with E-state index in [9.17, 15) is 14.0 Å². The van der Waals surface area contributed by atoms with E-state index in [1.165, 1.54) is 23.2 Å². The quantitative estimate of drug-likeness (QED) is 0.514. The minimum atomic E-state index is -0.677. The Morgan fingerprint density at radius 3 is 2.75 bits per heavy atom. The zero-order valence-electron chi connectivity index (χ0n) is 17.6. The van der Waals surface area contributed by atoms with E-state index in [-0.39, 0.29) is 24.2 Å². The minimum absolute atomic E-state index is 0.159. The van der Waals surface area contributed by atoms with Crippen LogP contribution in [0.2, 0.25) is 0 Å². The number of benzene rings is 2. The van der Waals surface area contributed by atoms with Crippen LogP contribution in [0.5, 0.6) is 5.75 Å². The molecular weight excluding hydrogens is 415 g/mol. The Morgan fingerprint density at radius 2 is 1.97 bits per heavy atom. The Balaban J connectivity index is 1.40. The molecule has 2 aromatic carbocycles. The summed E-state index contributed by atoms with van der Waals surface area (Å²) in [5.41, 5.74) is 1.09. The summed E-state index contributed by atoms with van der Waals surface area (Å²) in [4.78, 5) is 31.5. The Morgan fingerprint density at radius 1 is 1.19 bits per heavy atom. The number of ether oxygens (including phenoxy) is 2. The molecule has 32 heavy (non-hydrogen) atoms. The van der Waals surface area contributed by atoms with Gasteiger partial charge < -0.3 is 18.8 Å². The first-order chi connectivity index (χ1) is 15.6. The lowest BCUT2D eigenvalue weighted by molar-refractivity contribution is -0.150. The molecule has 0 spiro atoms. The number of halogens is 1. The van der Waals surface area contributed by atoms with Gasteiger partial charge in [-0.3, -0.25) is 4.79 Å². The molecule has 1 saturated heterocycles. The van der Waals surface area contributed by atoms with Crippen molar-refractivity contribution in [2.24, 2.45) is 0 Å². The van der Waals surface area contributed by atoms with Crippen LogP contribution in [-0.4, -0.2) is 41.0 Å². The maximum atomic E-state index is 13.1.